The maximum atomic E-state index is 11.3. The van der Waals surface area contributed by atoms with E-state index in [2.05, 4.69) is 29.1 Å². The Bertz CT molecular complexity index is 241. The molecule has 0 aromatic carbocycles. The van der Waals surface area contributed by atoms with E-state index in [4.69, 9.17) is 5.73 Å². The third kappa shape index (κ3) is 5.80. The van der Waals surface area contributed by atoms with Crippen molar-refractivity contribution in [3.05, 3.63) is 0 Å². The average molecular weight is 256 g/mol. The zero-order valence-corrected chi connectivity index (χ0v) is 11.8. The van der Waals surface area contributed by atoms with Crippen LogP contribution >= 0.6 is 0 Å². The van der Waals surface area contributed by atoms with Crippen LogP contribution in [0.15, 0.2) is 0 Å². The molecule has 5 heteroatoms. The van der Waals surface area contributed by atoms with Gasteiger partial charge >= 0.3 is 0 Å². The van der Waals surface area contributed by atoms with E-state index in [0.29, 0.717) is 6.54 Å². The first-order valence-electron chi connectivity index (χ1n) is 7.07. The summed E-state index contributed by atoms with van der Waals surface area (Å²) in [6.45, 7) is 8.16. The number of rotatable bonds is 9. The second kappa shape index (κ2) is 8.45. The smallest absolute Gasteiger partial charge is 0.235 e. The fourth-order valence-electron chi connectivity index (χ4n) is 2.30. The Balaban J connectivity index is 2.22. The summed E-state index contributed by atoms with van der Waals surface area (Å²) in [5.74, 6) is -0.253. The second-order valence-corrected chi connectivity index (χ2v) is 5.22. The van der Waals surface area contributed by atoms with Crippen molar-refractivity contribution in [1.29, 1.82) is 0 Å². The number of amides is 1. The molecule has 0 saturated carbocycles. The lowest BCUT2D eigenvalue weighted by Gasteiger charge is -2.25. The van der Waals surface area contributed by atoms with Gasteiger partial charge in [0.15, 0.2) is 0 Å². The molecule has 0 spiro atoms. The molecule has 0 radical (unpaired) electrons. The molecule has 3 N–H and O–H groups in total. The largest absolute Gasteiger partial charge is 0.368 e. The molecule has 1 aliphatic rings. The SMILES string of the molecule is CCCNC(CN(C)CCN1CCCC1)C(N)=O. The predicted molar refractivity (Wildman–Crippen MR) is 74.4 cm³/mol. The summed E-state index contributed by atoms with van der Waals surface area (Å²) in [6, 6.07) is -0.228. The summed E-state index contributed by atoms with van der Waals surface area (Å²) in [5, 5.41) is 3.20. The van der Waals surface area contributed by atoms with E-state index in [1.807, 2.05) is 0 Å². The Morgan fingerprint density at radius 2 is 2.11 bits per heavy atom. The van der Waals surface area contributed by atoms with Gasteiger partial charge in [-0.15, -0.1) is 0 Å². The summed E-state index contributed by atoms with van der Waals surface area (Å²) in [6.07, 6.45) is 3.67. The average Bonchev–Trinajstić information content (AvgIpc) is 2.84. The quantitative estimate of drug-likeness (QED) is 0.603. The molecule has 0 aromatic heterocycles. The highest BCUT2D eigenvalue weighted by Gasteiger charge is 2.17. The Labute approximate surface area is 111 Å². The van der Waals surface area contributed by atoms with Gasteiger partial charge < -0.3 is 20.9 Å². The van der Waals surface area contributed by atoms with Gasteiger partial charge in [-0.05, 0) is 45.9 Å². The lowest BCUT2D eigenvalue weighted by Crippen LogP contribution is -2.49. The van der Waals surface area contributed by atoms with E-state index in [1.54, 1.807) is 0 Å². The van der Waals surface area contributed by atoms with E-state index in [1.165, 1.54) is 25.9 Å². The van der Waals surface area contributed by atoms with Crippen LogP contribution in [0.4, 0.5) is 0 Å². The molecular formula is C13H28N4O. The van der Waals surface area contributed by atoms with Crippen LogP contribution < -0.4 is 11.1 Å². The number of nitrogens with one attached hydrogen (secondary N) is 1. The summed E-state index contributed by atoms with van der Waals surface area (Å²) in [4.78, 5) is 16.0. The number of carbonyl (C=O) groups is 1. The monoisotopic (exact) mass is 256 g/mol. The van der Waals surface area contributed by atoms with Crippen LogP contribution in [0.1, 0.15) is 26.2 Å². The van der Waals surface area contributed by atoms with Gasteiger partial charge in [-0.2, -0.15) is 0 Å². The number of hydrogen-bond acceptors (Lipinski definition) is 4. The van der Waals surface area contributed by atoms with Gasteiger partial charge in [-0.1, -0.05) is 6.92 Å². The van der Waals surface area contributed by atoms with Crippen LogP contribution in [0.2, 0.25) is 0 Å². The Hall–Kier alpha value is -0.650. The maximum absolute atomic E-state index is 11.3. The van der Waals surface area contributed by atoms with Crippen molar-refractivity contribution in [2.45, 2.75) is 32.2 Å². The minimum atomic E-state index is -0.253. The molecule has 1 fully saturated rings. The van der Waals surface area contributed by atoms with Crippen LogP contribution in [0, 0.1) is 0 Å². The number of primary amides is 1. The van der Waals surface area contributed by atoms with Gasteiger partial charge in [0.25, 0.3) is 0 Å². The number of nitrogens with zero attached hydrogens (tertiary/aromatic N) is 2. The molecule has 0 bridgehead atoms. The highest BCUT2D eigenvalue weighted by Crippen LogP contribution is 2.06. The Kier molecular flexibility index (Phi) is 7.23. The number of likely N-dealkylation sites (tertiary alicyclic amines) is 1. The van der Waals surface area contributed by atoms with Gasteiger partial charge in [-0.25, -0.2) is 0 Å². The number of likely N-dealkylation sites (N-methyl/N-ethyl adjacent to an activating group) is 1. The normalized spacial score (nSPS) is 18.4. The number of carbonyl (C=O) groups excluding carboxylic acids is 1. The molecule has 1 saturated heterocycles. The zero-order valence-electron chi connectivity index (χ0n) is 11.8. The number of hydrogen-bond donors (Lipinski definition) is 2. The molecule has 1 rings (SSSR count). The van der Waals surface area contributed by atoms with Crippen LogP contribution in [0.5, 0.6) is 0 Å². The van der Waals surface area contributed by atoms with Crippen LogP contribution in [-0.2, 0) is 4.79 Å². The summed E-state index contributed by atoms with van der Waals surface area (Å²) in [5.41, 5.74) is 5.41. The van der Waals surface area contributed by atoms with Crippen LogP contribution in [0.25, 0.3) is 0 Å². The van der Waals surface area contributed by atoms with Gasteiger partial charge in [0.05, 0.1) is 6.04 Å². The van der Waals surface area contributed by atoms with Crippen molar-refractivity contribution in [1.82, 2.24) is 15.1 Å². The third-order valence-corrected chi connectivity index (χ3v) is 3.48. The van der Waals surface area contributed by atoms with Crippen molar-refractivity contribution < 1.29 is 4.79 Å². The summed E-state index contributed by atoms with van der Waals surface area (Å²) >= 11 is 0. The molecule has 1 heterocycles. The third-order valence-electron chi connectivity index (χ3n) is 3.48. The highest BCUT2D eigenvalue weighted by atomic mass is 16.1. The van der Waals surface area contributed by atoms with Gasteiger partial charge in [0, 0.05) is 19.6 Å². The lowest BCUT2D eigenvalue weighted by molar-refractivity contribution is -0.120. The first kappa shape index (κ1) is 15.4. The Morgan fingerprint density at radius 1 is 1.44 bits per heavy atom. The maximum Gasteiger partial charge on any atom is 0.235 e. The first-order chi connectivity index (χ1) is 8.63. The summed E-state index contributed by atoms with van der Waals surface area (Å²) < 4.78 is 0. The van der Waals surface area contributed by atoms with Crippen molar-refractivity contribution in [3.63, 3.8) is 0 Å². The predicted octanol–water partition coefficient (Wildman–Crippen LogP) is -0.132. The molecule has 0 aliphatic carbocycles. The minimum absolute atomic E-state index is 0.228. The first-order valence-corrected chi connectivity index (χ1v) is 7.07. The zero-order chi connectivity index (χ0) is 13.4. The molecule has 106 valence electrons. The molecule has 1 amide bonds. The van der Waals surface area contributed by atoms with Crippen LogP contribution in [-0.4, -0.2) is 68.1 Å². The van der Waals surface area contributed by atoms with Crippen molar-refractivity contribution >= 4 is 5.91 Å². The van der Waals surface area contributed by atoms with Gasteiger partial charge in [0.2, 0.25) is 5.91 Å². The highest BCUT2D eigenvalue weighted by molar-refractivity contribution is 5.80. The lowest BCUT2D eigenvalue weighted by atomic mass is 10.2. The van der Waals surface area contributed by atoms with E-state index >= 15 is 0 Å². The molecule has 5 nitrogen and oxygen atoms in total. The molecule has 18 heavy (non-hydrogen) atoms. The van der Waals surface area contributed by atoms with E-state index in [0.717, 1.165) is 26.1 Å². The van der Waals surface area contributed by atoms with Crippen molar-refractivity contribution in [2.24, 2.45) is 5.73 Å². The van der Waals surface area contributed by atoms with Gasteiger partial charge in [0.1, 0.15) is 0 Å². The fraction of sp³-hybridized carbons (Fsp3) is 0.923. The standard InChI is InChI=1S/C13H28N4O/c1-3-6-15-12(13(14)18)11-16(2)9-10-17-7-4-5-8-17/h12,15H,3-11H2,1-2H3,(H2,14,18). The topological polar surface area (TPSA) is 61.6 Å². The fourth-order valence-corrected chi connectivity index (χ4v) is 2.30. The second-order valence-electron chi connectivity index (χ2n) is 5.22. The van der Waals surface area contributed by atoms with E-state index in [-0.39, 0.29) is 11.9 Å². The van der Waals surface area contributed by atoms with Crippen LogP contribution in [0.3, 0.4) is 0 Å². The van der Waals surface area contributed by atoms with E-state index < -0.39 is 0 Å². The van der Waals surface area contributed by atoms with E-state index in [9.17, 15) is 4.79 Å². The Morgan fingerprint density at radius 3 is 2.67 bits per heavy atom. The van der Waals surface area contributed by atoms with Gasteiger partial charge in [-0.3, -0.25) is 4.79 Å². The molecular weight excluding hydrogens is 228 g/mol. The van der Waals surface area contributed by atoms with Crippen molar-refractivity contribution in [3.8, 4) is 0 Å². The van der Waals surface area contributed by atoms with Crippen molar-refractivity contribution in [2.75, 3.05) is 46.3 Å². The summed E-state index contributed by atoms with van der Waals surface area (Å²) in [7, 11) is 2.06. The molecule has 1 aliphatic heterocycles. The molecule has 1 unspecified atom stereocenters. The molecule has 1 atom stereocenters. The minimum Gasteiger partial charge on any atom is -0.368 e. The molecule has 0 aromatic rings. The number of nitrogens with two attached hydrogens (primary N) is 1.